The molecule has 1 fully saturated rings. The Labute approximate surface area is 201 Å². The van der Waals surface area contributed by atoms with E-state index in [-0.39, 0.29) is 5.91 Å². The molecule has 2 aromatic carbocycles. The monoisotopic (exact) mass is 489 g/mol. The van der Waals surface area contributed by atoms with Gasteiger partial charge in [0, 0.05) is 51.3 Å². The zero-order valence-corrected chi connectivity index (χ0v) is 19.6. The summed E-state index contributed by atoms with van der Waals surface area (Å²) < 4.78 is 40.5. The van der Waals surface area contributed by atoms with Crippen molar-refractivity contribution < 1.29 is 18.0 Å². The van der Waals surface area contributed by atoms with Crippen LogP contribution in [0.5, 0.6) is 0 Å². The second-order valence-corrected chi connectivity index (χ2v) is 8.86. The largest absolute Gasteiger partial charge is 0.416 e. The molecule has 0 radical (unpaired) electrons. The van der Waals surface area contributed by atoms with E-state index in [0.29, 0.717) is 56.3 Å². The van der Waals surface area contributed by atoms with Gasteiger partial charge in [0.1, 0.15) is 0 Å². The van der Waals surface area contributed by atoms with E-state index in [4.69, 9.17) is 12.2 Å². The Hall–Kier alpha value is -2.98. The van der Waals surface area contributed by atoms with E-state index < -0.39 is 11.7 Å². The summed E-state index contributed by atoms with van der Waals surface area (Å²) in [6.45, 7) is 5.53. The highest BCUT2D eigenvalue weighted by Gasteiger charge is 2.30. The maximum atomic E-state index is 12.8. The second-order valence-electron chi connectivity index (χ2n) is 8.47. The van der Waals surface area contributed by atoms with E-state index in [1.54, 1.807) is 0 Å². The van der Waals surface area contributed by atoms with E-state index in [0.717, 1.165) is 28.8 Å². The molecule has 6 nitrogen and oxygen atoms in total. The topological polar surface area (TPSA) is 57.2 Å². The van der Waals surface area contributed by atoms with Crippen molar-refractivity contribution in [1.29, 1.82) is 0 Å². The molecule has 10 heteroatoms. The summed E-state index contributed by atoms with van der Waals surface area (Å²) in [6.07, 6.45) is -4.02. The van der Waals surface area contributed by atoms with Crippen LogP contribution in [0.25, 0.3) is 11.4 Å². The fourth-order valence-corrected chi connectivity index (χ4v) is 4.25. The van der Waals surface area contributed by atoms with Crippen molar-refractivity contribution in [2.75, 3.05) is 26.2 Å². The molecule has 0 spiro atoms. The van der Waals surface area contributed by atoms with Crippen LogP contribution in [-0.4, -0.2) is 56.7 Å². The molecule has 0 aliphatic carbocycles. The summed E-state index contributed by atoms with van der Waals surface area (Å²) in [5.74, 6) is 0.756. The fraction of sp³-hybridized carbons (Fsp3) is 0.375. The number of aromatic nitrogens is 3. The Kier molecular flexibility index (Phi) is 7.18. The van der Waals surface area contributed by atoms with E-state index in [2.05, 4.69) is 15.1 Å². The molecule has 1 aromatic heterocycles. The second kappa shape index (κ2) is 10.1. The molecule has 0 unspecified atom stereocenters. The molecule has 1 aliphatic rings. The summed E-state index contributed by atoms with van der Waals surface area (Å²) in [4.78, 5) is 16.8. The normalized spacial score (nSPS) is 15.0. The molecule has 1 aliphatic heterocycles. The highest BCUT2D eigenvalue weighted by atomic mass is 32.1. The molecule has 0 saturated carbocycles. The van der Waals surface area contributed by atoms with Crippen molar-refractivity contribution in [2.24, 2.45) is 0 Å². The average Bonchev–Trinajstić information content (AvgIpc) is 3.18. The minimum absolute atomic E-state index is 0.0483. The number of nitrogens with one attached hydrogen (secondary N) is 1. The number of carbonyl (C=O) groups is 1. The number of amides is 1. The van der Waals surface area contributed by atoms with Crippen LogP contribution in [0.2, 0.25) is 0 Å². The minimum Gasteiger partial charge on any atom is -0.340 e. The Balaban J connectivity index is 1.29. The summed E-state index contributed by atoms with van der Waals surface area (Å²) in [6, 6.07) is 13.2. The first-order valence-corrected chi connectivity index (χ1v) is 11.5. The van der Waals surface area contributed by atoms with Crippen LogP contribution in [0.15, 0.2) is 48.5 Å². The molecule has 4 rings (SSSR count). The number of hydrogen-bond donors (Lipinski definition) is 1. The van der Waals surface area contributed by atoms with Gasteiger partial charge in [-0.25, -0.2) is 0 Å². The Morgan fingerprint density at radius 3 is 2.29 bits per heavy atom. The van der Waals surface area contributed by atoms with Crippen molar-refractivity contribution >= 4 is 18.1 Å². The number of halogens is 3. The van der Waals surface area contributed by atoms with Crippen LogP contribution in [0.1, 0.15) is 23.1 Å². The maximum Gasteiger partial charge on any atom is 0.416 e. The summed E-state index contributed by atoms with van der Waals surface area (Å²) in [5.41, 5.74) is 2.26. The van der Waals surface area contributed by atoms with Crippen LogP contribution in [-0.2, 0) is 24.1 Å². The van der Waals surface area contributed by atoms with Crippen molar-refractivity contribution in [2.45, 2.75) is 32.6 Å². The van der Waals surface area contributed by atoms with Crippen LogP contribution in [0.3, 0.4) is 0 Å². The van der Waals surface area contributed by atoms with Gasteiger partial charge in [0.15, 0.2) is 10.6 Å². The molecule has 1 amide bonds. The smallest absolute Gasteiger partial charge is 0.340 e. The third-order valence-electron chi connectivity index (χ3n) is 6.03. The lowest BCUT2D eigenvalue weighted by molar-refractivity contribution is -0.137. The molecule has 2 heterocycles. The first-order valence-electron chi connectivity index (χ1n) is 11.1. The number of hydrogen-bond acceptors (Lipinski definition) is 4. The number of carbonyl (C=O) groups excluding carboxylic acids is 1. The van der Waals surface area contributed by atoms with E-state index >= 15 is 0 Å². The SMILES string of the molecule is Cc1ccc(-c2n[nH]c(=S)n2CCC(=O)N2CCN(Cc3ccc(C(F)(F)F)cc3)CC2)cc1. The minimum atomic E-state index is -4.33. The molecular weight excluding hydrogens is 463 g/mol. The van der Waals surface area contributed by atoms with Gasteiger partial charge >= 0.3 is 6.18 Å². The number of alkyl halides is 3. The van der Waals surface area contributed by atoms with E-state index in [1.807, 2.05) is 40.7 Å². The van der Waals surface area contributed by atoms with Crippen LogP contribution in [0.4, 0.5) is 13.2 Å². The predicted octanol–water partition coefficient (Wildman–Crippen LogP) is 4.67. The van der Waals surface area contributed by atoms with Crippen molar-refractivity contribution in [3.63, 3.8) is 0 Å². The van der Waals surface area contributed by atoms with Crippen molar-refractivity contribution in [3.05, 3.63) is 70.0 Å². The van der Waals surface area contributed by atoms with Crippen molar-refractivity contribution in [1.82, 2.24) is 24.6 Å². The van der Waals surface area contributed by atoms with Gasteiger partial charge in [0.25, 0.3) is 0 Å². The van der Waals surface area contributed by atoms with E-state index in [9.17, 15) is 18.0 Å². The molecule has 180 valence electrons. The zero-order chi connectivity index (χ0) is 24.3. The summed E-state index contributed by atoms with van der Waals surface area (Å²) in [5, 5.41) is 7.14. The first-order chi connectivity index (χ1) is 16.2. The quantitative estimate of drug-likeness (QED) is 0.512. The molecule has 1 saturated heterocycles. The molecular formula is C24H26F3N5OS. The van der Waals surface area contributed by atoms with Gasteiger partial charge in [0.05, 0.1) is 5.56 Å². The Morgan fingerprint density at radius 1 is 1.03 bits per heavy atom. The number of rotatable bonds is 6. The first kappa shape index (κ1) is 24.2. The molecule has 3 aromatic rings. The highest BCUT2D eigenvalue weighted by Crippen LogP contribution is 2.29. The third-order valence-corrected chi connectivity index (χ3v) is 6.34. The average molecular weight is 490 g/mol. The van der Waals surface area contributed by atoms with Crippen LogP contribution >= 0.6 is 12.2 Å². The standard InChI is InChI=1S/C24H26F3N5OS/c1-17-2-6-19(7-3-17)22-28-29-23(34)32(22)11-10-21(33)31-14-12-30(13-15-31)16-18-4-8-20(9-5-18)24(25,26)27/h2-9H,10-16H2,1H3,(H,29,34). The number of H-pyrrole nitrogens is 1. The zero-order valence-electron chi connectivity index (χ0n) is 18.8. The molecule has 34 heavy (non-hydrogen) atoms. The summed E-state index contributed by atoms with van der Waals surface area (Å²) in [7, 11) is 0. The molecule has 0 bridgehead atoms. The fourth-order valence-electron chi connectivity index (χ4n) is 4.03. The van der Waals surface area contributed by atoms with Gasteiger partial charge < -0.3 is 4.90 Å². The highest BCUT2D eigenvalue weighted by molar-refractivity contribution is 7.71. The van der Waals surface area contributed by atoms with Gasteiger partial charge in [-0.3, -0.25) is 19.4 Å². The Bertz CT molecular complexity index is 1180. The van der Waals surface area contributed by atoms with Crippen LogP contribution < -0.4 is 0 Å². The number of aromatic amines is 1. The van der Waals surface area contributed by atoms with Crippen molar-refractivity contribution in [3.8, 4) is 11.4 Å². The van der Waals surface area contributed by atoms with Gasteiger partial charge in [-0.15, -0.1) is 0 Å². The number of aryl methyl sites for hydroxylation is 1. The molecule has 1 N–H and O–H groups in total. The summed E-state index contributed by atoms with van der Waals surface area (Å²) >= 11 is 5.36. The Morgan fingerprint density at radius 2 is 1.68 bits per heavy atom. The molecule has 0 atom stereocenters. The number of benzene rings is 2. The van der Waals surface area contributed by atoms with E-state index in [1.165, 1.54) is 12.1 Å². The van der Waals surface area contributed by atoms with Gasteiger partial charge in [0.2, 0.25) is 5.91 Å². The number of nitrogens with zero attached hydrogens (tertiary/aromatic N) is 4. The predicted molar refractivity (Wildman–Crippen MR) is 126 cm³/mol. The lowest BCUT2D eigenvalue weighted by Crippen LogP contribution is -2.48. The van der Waals surface area contributed by atoms with Gasteiger partial charge in [-0.1, -0.05) is 42.0 Å². The van der Waals surface area contributed by atoms with Crippen LogP contribution in [0, 0.1) is 11.7 Å². The lowest BCUT2D eigenvalue weighted by atomic mass is 10.1. The third kappa shape index (κ3) is 5.74. The van der Waals surface area contributed by atoms with Gasteiger partial charge in [-0.2, -0.15) is 18.3 Å². The maximum absolute atomic E-state index is 12.8. The number of piperazine rings is 1. The lowest BCUT2D eigenvalue weighted by Gasteiger charge is -2.35. The van der Waals surface area contributed by atoms with Gasteiger partial charge in [-0.05, 0) is 36.8 Å².